The standard InChI is InChI=1S/C9H7N5/c1-2-4-8(5-3-1)13-14-9-11-6-10-7-12-9/h1-7H. The minimum Gasteiger partial charge on any atom is -0.225 e. The van der Waals surface area contributed by atoms with E-state index < -0.39 is 0 Å². The van der Waals surface area contributed by atoms with Crippen molar-refractivity contribution in [1.82, 2.24) is 15.0 Å². The highest BCUT2D eigenvalue weighted by molar-refractivity contribution is 5.35. The van der Waals surface area contributed by atoms with Crippen molar-refractivity contribution in [2.45, 2.75) is 0 Å². The third-order valence-electron chi connectivity index (χ3n) is 1.49. The molecule has 1 aromatic carbocycles. The van der Waals surface area contributed by atoms with Crippen molar-refractivity contribution in [2.75, 3.05) is 0 Å². The van der Waals surface area contributed by atoms with E-state index in [2.05, 4.69) is 25.2 Å². The van der Waals surface area contributed by atoms with Crippen LogP contribution in [0.4, 0.5) is 11.6 Å². The Bertz CT molecular complexity index is 370. The van der Waals surface area contributed by atoms with Crippen molar-refractivity contribution < 1.29 is 0 Å². The number of hydrogen-bond donors (Lipinski definition) is 0. The molecule has 0 unspecified atom stereocenters. The summed E-state index contributed by atoms with van der Waals surface area (Å²) >= 11 is 0. The first-order valence-corrected chi connectivity index (χ1v) is 4.04. The Labute approximate surface area is 80.6 Å². The molecule has 1 aromatic heterocycles. The highest BCUT2D eigenvalue weighted by Gasteiger charge is 1.89. The molecule has 0 saturated heterocycles. The minimum atomic E-state index is 0.309. The largest absolute Gasteiger partial charge is 0.271 e. The normalized spacial score (nSPS) is 10.6. The first kappa shape index (κ1) is 8.43. The van der Waals surface area contributed by atoms with Crippen molar-refractivity contribution in [1.29, 1.82) is 0 Å². The molecule has 0 radical (unpaired) electrons. The van der Waals surface area contributed by atoms with Crippen LogP contribution in [0, 0.1) is 0 Å². The van der Waals surface area contributed by atoms with Gasteiger partial charge in [-0.3, -0.25) is 0 Å². The summed E-state index contributed by atoms with van der Waals surface area (Å²) < 4.78 is 0. The van der Waals surface area contributed by atoms with E-state index in [1.165, 1.54) is 12.7 Å². The van der Waals surface area contributed by atoms with Gasteiger partial charge in [0, 0.05) is 0 Å². The Morgan fingerprint density at radius 3 is 2.29 bits per heavy atom. The first-order valence-electron chi connectivity index (χ1n) is 4.04. The second-order valence-electron chi connectivity index (χ2n) is 2.47. The number of nitrogens with zero attached hydrogens (tertiary/aromatic N) is 5. The van der Waals surface area contributed by atoms with Gasteiger partial charge in [0.2, 0.25) is 0 Å². The van der Waals surface area contributed by atoms with Gasteiger partial charge < -0.3 is 0 Å². The van der Waals surface area contributed by atoms with E-state index in [0.29, 0.717) is 5.95 Å². The summed E-state index contributed by atoms with van der Waals surface area (Å²) in [5, 5.41) is 7.79. The summed E-state index contributed by atoms with van der Waals surface area (Å²) in [7, 11) is 0. The highest BCUT2D eigenvalue weighted by atomic mass is 15.2. The van der Waals surface area contributed by atoms with Crippen LogP contribution in [0.5, 0.6) is 0 Å². The van der Waals surface area contributed by atoms with Gasteiger partial charge in [0.1, 0.15) is 12.7 Å². The molecule has 0 aliphatic rings. The predicted molar refractivity (Wildman–Crippen MR) is 50.4 cm³/mol. The van der Waals surface area contributed by atoms with E-state index in [-0.39, 0.29) is 0 Å². The summed E-state index contributed by atoms with van der Waals surface area (Å²) in [6.45, 7) is 0. The average molecular weight is 185 g/mol. The van der Waals surface area contributed by atoms with E-state index in [1.54, 1.807) is 0 Å². The van der Waals surface area contributed by atoms with Gasteiger partial charge in [-0.05, 0) is 12.1 Å². The van der Waals surface area contributed by atoms with Crippen LogP contribution in [0.3, 0.4) is 0 Å². The maximum Gasteiger partial charge on any atom is 0.271 e. The quantitative estimate of drug-likeness (QED) is 0.674. The first-order chi connectivity index (χ1) is 6.95. The van der Waals surface area contributed by atoms with Crippen LogP contribution in [0.15, 0.2) is 53.2 Å². The lowest BCUT2D eigenvalue weighted by molar-refractivity contribution is 1.000. The zero-order valence-corrected chi connectivity index (χ0v) is 7.28. The monoisotopic (exact) mass is 185 g/mol. The third-order valence-corrected chi connectivity index (χ3v) is 1.49. The number of azo groups is 1. The molecular formula is C9H7N5. The fourth-order valence-corrected chi connectivity index (χ4v) is 0.882. The summed E-state index contributed by atoms with van der Waals surface area (Å²) in [5.41, 5.74) is 0.771. The number of hydrogen-bond acceptors (Lipinski definition) is 5. The van der Waals surface area contributed by atoms with Gasteiger partial charge in [0.25, 0.3) is 5.95 Å². The van der Waals surface area contributed by atoms with Crippen LogP contribution in [0.1, 0.15) is 0 Å². The molecule has 0 bridgehead atoms. The smallest absolute Gasteiger partial charge is 0.225 e. The van der Waals surface area contributed by atoms with Crippen molar-refractivity contribution in [3.05, 3.63) is 43.0 Å². The molecule has 0 N–H and O–H groups in total. The van der Waals surface area contributed by atoms with Crippen LogP contribution in [0.25, 0.3) is 0 Å². The number of benzene rings is 1. The van der Waals surface area contributed by atoms with Crippen LogP contribution in [-0.4, -0.2) is 15.0 Å². The van der Waals surface area contributed by atoms with Crippen molar-refractivity contribution in [3.8, 4) is 0 Å². The molecule has 0 fully saturated rings. The Morgan fingerprint density at radius 1 is 0.857 bits per heavy atom. The Kier molecular flexibility index (Phi) is 2.51. The van der Waals surface area contributed by atoms with Crippen LogP contribution >= 0.6 is 0 Å². The SMILES string of the molecule is c1ccc(N=Nc2ncncn2)cc1. The lowest BCUT2D eigenvalue weighted by Crippen LogP contribution is -1.79. The Morgan fingerprint density at radius 2 is 1.57 bits per heavy atom. The molecule has 68 valence electrons. The average Bonchev–Trinajstić information content (AvgIpc) is 2.29. The Hall–Kier alpha value is -2.17. The van der Waals surface area contributed by atoms with Gasteiger partial charge in [-0.15, -0.1) is 10.2 Å². The maximum absolute atomic E-state index is 3.95. The molecule has 0 aliphatic carbocycles. The molecular weight excluding hydrogens is 178 g/mol. The van der Waals surface area contributed by atoms with Crippen molar-refractivity contribution in [3.63, 3.8) is 0 Å². The molecule has 2 aromatic rings. The van der Waals surface area contributed by atoms with Crippen LogP contribution < -0.4 is 0 Å². The van der Waals surface area contributed by atoms with E-state index in [4.69, 9.17) is 0 Å². The molecule has 0 saturated carbocycles. The second-order valence-corrected chi connectivity index (χ2v) is 2.47. The summed E-state index contributed by atoms with van der Waals surface area (Å²) in [6, 6.07) is 9.40. The summed E-state index contributed by atoms with van der Waals surface area (Å²) in [6.07, 6.45) is 2.76. The lowest BCUT2D eigenvalue weighted by Gasteiger charge is -1.89. The molecule has 14 heavy (non-hydrogen) atoms. The fraction of sp³-hybridized carbons (Fsp3) is 0. The van der Waals surface area contributed by atoms with E-state index in [0.717, 1.165) is 5.69 Å². The Balaban J connectivity index is 2.16. The molecule has 0 amide bonds. The van der Waals surface area contributed by atoms with Gasteiger partial charge in [0.05, 0.1) is 5.69 Å². The molecule has 0 spiro atoms. The van der Waals surface area contributed by atoms with E-state index in [9.17, 15) is 0 Å². The van der Waals surface area contributed by atoms with Gasteiger partial charge in [-0.25, -0.2) is 4.98 Å². The minimum absolute atomic E-state index is 0.309. The van der Waals surface area contributed by atoms with Crippen LogP contribution in [0.2, 0.25) is 0 Å². The van der Waals surface area contributed by atoms with Gasteiger partial charge >= 0.3 is 0 Å². The zero-order chi connectivity index (χ0) is 9.64. The molecule has 2 rings (SSSR count). The topological polar surface area (TPSA) is 63.4 Å². The highest BCUT2D eigenvalue weighted by Crippen LogP contribution is 2.12. The van der Waals surface area contributed by atoms with Gasteiger partial charge in [-0.1, -0.05) is 18.2 Å². The molecule has 0 atom stereocenters. The lowest BCUT2D eigenvalue weighted by atomic mass is 10.3. The predicted octanol–water partition coefficient (Wildman–Crippen LogP) is 2.29. The van der Waals surface area contributed by atoms with Crippen molar-refractivity contribution >= 4 is 11.6 Å². The number of rotatable bonds is 2. The van der Waals surface area contributed by atoms with Gasteiger partial charge in [0.15, 0.2) is 0 Å². The third kappa shape index (κ3) is 2.16. The van der Waals surface area contributed by atoms with E-state index in [1.807, 2.05) is 30.3 Å². The number of aromatic nitrogens is 3. The molecule has 5 nitrogen and oxygen atoms in total. The zero-order valence-electron chi connectivity index (χ0n) is 7.28. The van der Waals surface area contributed by atoms with Gasteiger partial charge in [-0.2, -0.15) is 9.97 Å². The van der Waals surface area contributed by atoms with Crippen molar-refractivity contribution in [2.24, 2.45) is 10.2 Å². The summed E-state index contributed by atoms with van der Waals surface area (Å²) in [4.78, 5) is 11.3. The molecule has 5 heteroatoms. The van der Waals surface area contributed by atoms with E-state index >= 15 is 0 Å². The second kappa shape index (κ2) is 4.18. The maximum atomic E-state index is 3.95. The van der Waals surface area contributed by atoms with Crippen LogP contribution in [-0.2, 0) is 0 Å². The molecule has 0 aliphatic heterocycles. The fourth-order valence-electron chi connectivity index (χ4n) is 0.882. The molecule has 1 heterocycles. The summed E-state index contributed by atoms with van der Waals surface area (Å²) in [5.74, 6) is 0.309.